The predicted molar refractivity (Wildman–Crippen MR) is 76.9 cm³/mol. The van der Waals surface area contributed by atoms with Crippen LogP contribution in [-0.2, 0) is 0 Å². The van der Waals surface area contributed by atoms with Gasteiger partial charge in [0.25, 0.3) is 0 Å². The van der Waals surface area contributed by atoms with Crippen molar-refractivity contribution >= 4 is 22.5 Å². The van der Waals surface area contributed by atoms with Gasteiger partial charge in [0, 0.05) is 10.9 Å². The highest BCUT2D eigenvalue weighted by Gasteiger charge is 2.13. The summed E-state index contributed by atoms with van der Waals surface area (Å²) in [6.07, 6.45) is 0. The highest BCUT2D eigenvalue weighted by Crippen LogP contribution is 2.31. The van der Waals surface area contributed by atoms with E-state index in [4.69, 9.17) is 11.6 Å². The third-order valence-electron chi connectivity index (χ3n) is 3.06. The monoisotopic (exact) mass is 282 g/mol. The molecule has 0 amide bonds. The molecule has 0 N–H and O–H groups in total. The van der Waals surface area contributed by atoms with Gasteiger partial charge in [-0.3, -0.25) is 0 Å². The third-order valence-corrected chi connectivity index (χ3v) is 3.38. The first kappa shape index (κ1) is 12.6. The molecule has 0 aliphatic rings. The van der Waals surface area contributed by atoms with Crippen molar-refractivity contribution in [3.05, 3.63) is 64.9 Å². The second-order valence-corrected chi connectivity index (χ2v) is 4.69. The summed E-state index contributed by atoms with van der Waals surface area (Å²) in [7, 11) is 0. The summed E-state index contributed by atoms with van der Waals surface area (Å²) in [5, 5.41) is 10.1. The zero-order chi connectivity index (χ0) is 14.1. The van der Waals surface area contributed by atoms with Gasteiger partial charge in [-0.05, 0) is 24.3 Å². The average Bonchev–Trinajstić information content (AvgIpc) is 2.47. The second-order valence-electron chi connectivity index (χ2n) is 4.28. The predicted octanol–water partition coefficient (Wildman–Crippen LogP) is 4.57. The lowest BCUT2D eigenvalue weighted by molar-refractivity contribution is 0.639. The first-order valence-electron chi connectivity index (χ1n) is 5.95. The second kappa shape index (κ2) is 4.92. The zero-order valence-electron chi connectivity index (χ0n) is 10.3. The average molecular weight is 283 g/mol. The molecule has 2 nitrogen and oxygen atoms in total. The van der Waals surface area contributed by atoms with Crippen LogP contribution < -0.4 is 0 Å². The van der Waals surface area contributed by atoms with E-state index < -0.39 is 5.82 Å². The Bertz CT molecular complexity index is 853. The van der Waals surface area contributed by atoms with Gasteiger partial charge in [0.2, 0.25) is 0 Å². The number of pyridine rings is 1. The van der Waals surface area contributed by atoms with Crippen molar-refractivity contribution in [2.75, 3.05) is 0 Å². The Labute approximate surface area is 120 Å². The first-order valence-corrected chi connectivity index (χ1v) is 6.33. The van der Waals surface area contributed by atoms with E-state index in [1.807, 2.05) is 6.07 Å². The quantitative estimate of drug-likeness (QED) is 0.656. The van der Waals surface area contributed by atoms with Crippen LogP contribution in [0.2, 0.25) is 5.02 Å². The molecule has 1 heterocycles. The lowest BCUT2D eigenvalue weighted by atomic mass is 10.0. The minimum atomic E-state index is -0.391. The van der Waals surface area contributed by atoms with E-state index in [1.165, 1.54) is 12.1 Å². The number of hydrogen-bond donors (Lipinski definition) is 0. The number of halogens is 2. The Balaban J connectivity index is 2.37. The standard InChI is InChI=1S/C16H8ClFN2/c17-13-5-2-1-4-11(13)16-10(9-19)8-12-14(18)6-3-7-15(12)20-16/h1-8H. The van der Waals surface area contributed by atoms with Crippen LogP contribution in [0.4, 0.5) is 4.39 Å². The van der Waals surface area contributed by atoms with E-state index in [0.717, 1.165) is 0 Å². The molecule has 0 spiro atoms. The molecule has 0 bridgehead atoms. The van der Waals surface area contributed by atoms with E-state index in [2.05, 4.69) is 11.1 Å². The largest absolute Gasteiger partial charge is 0.246 e. The van der Waals surface area contributed by atoms with Gasteiger partial charge in [-0.1, -0.05) is 35.9 Å². The molecule has 0 aliphatic heterocycles. The molecule has 0 saturated carbocycles. The third kappa shape index (κ3) is 2.01. The molecule has 1 aromatic heterocycles. The number of nitriles is 1. The molecule has 3 rings (SSSR count). The molecular formula is C16H8ClFN2. The van der Waals surface area contributed by atoms with Crippen LogP contribution in [0.15, 0.2) is 48.5 Å². The topological polar surface area (TPSA) is 36.7 Å². The molecular weight excluding hydrogens is 275 g/mol. The molecule has 0 unspecified atom stereocenters. The van der Waals surface area contributed by atoms with Gasteiger partial charge in [0.1, 0.15) is 11.9 Å². The summed E-state index contributed by atoms with van der Waals surface area (Å²) in [5.74, 6) is -0.391. The van der Waals surface area contributed by atoms with Gasteiger partial charge in [0.05, 0.1) is 21.8 Å². The maximum atomic E-state index is 13.7. The maximum absolute atomic E-state index is 13.7. The van der Waals surface area contributed by atoms with Gasteiger partial charge < -0.3 is 0 Å². The Morgan fingerprint density at radius 3 is 2.65 bits per heavy atom. The van der Waals surface area contributed by atoms with Gasteiger partial charge in [-0.2, -0.15) is 5.26 Å². The number of rotatable bonds is 1. The van der Waals surface area contributed by atoms with Crippen LogP contribution in [-0.4, -0.2) is 4.98 Å². The SMILES string of the molecule is N#Cc1cc2c(F)cccc2nc1-c1ccccc1Cl. The van der Waals surface area contributed by atoms with Crippen LogP contribution >= 0.6 is 11.6 Å². The van der Waals surface area contributed by atoms with Crippen molar-refractivity contribution < 1.29 is 4.39 Å². The smallest absolute Gasteiger partial charge is 0.132 e. The highest BCUT2D eigenvalue weighted by atomic mass is 35.5. The fourth-order valence-corrected chi connectivity index (χ4v) is 2.33. The van der Waals surface area contributed by atoms with Gasteiger partial charge in [0.15, 0.2) is 0 Å². The molecule has 20 heavy (non-hydrogen) atoms. The summed E-state index contributed by atoms with van der Waals surface area (Å²) in [6.45, 7) is 0. The lowest BCUT2D eigenvalue weighted by Crippen LogP contribution is -1.93. The first-order chi connectivity index (χ1) is 9.70. The molecule has 0 saturated heterocycles. The van der Waals surface area contributed by atoms with Crippen LogP contribution in [0.1, 0.15) is 5.56 Å². The van der Waals surface area contributed by atoms with Crippen LogP contribution in [0, 0.1) is 17.1 Å². The summed E-state index contributed by atoms with van der Waals surface area (Å²) >= 11 is 6.15. The summed E-state index contributed by atoms with van der Waals surface area (Å²) in [5.41, 5.74) is 1.93. The molecule has 0 aliphatic carbocycles. The lowest BCUT2D eigenvalue weighted by Gasteiger charge is -2.08. The number of benzene rings is 2. The van der Waals surface area contributed by atoms with Crippen LogP contribution in [0.5, 0.6) is 0 Å². The van der Waals surface area contributed by atoms with E-state index in [9.17, 15) is 9.65 Å². The molecule has 2 aromatic carbocycles. The van der Waals surface area contributed by atoms with E-state index in [0.29, 0.717) is 32.7 Å². The number of aromatic nitrogens is 1. The van der Waals surface area contributed by atoms with Gasteiger partial charge in [-0.25, -0.2) is 9.37 Å². The van der Waals surface area contributed by atoms with E-state index in [-0.39, 0.29) is 0 Å². The number of nitrogens with zero attached hydrogens (tertiary/aromatic N) is 2. The van der Waals surface area contributed by atoms with Crippen molar-refractivity contribution in [3.8, 4) is 17.3 Å². The van der Waals surface area contributed by atoms with E-state index in [1.54, 1.807) is 30.3 Å². The molecule has 96 valence electrons. The van der Waals surface area contributed by atoms with Gasteiger partial charge >= 0.3 is 0 Å². The van der Waals surface area contributed by atoms with Crippen LogP contribution in [0.3, 0.4) is 0 Å². The Morgan fingerprint density at radius 2 is 1.90 bits per heavy atom. The molecule has 4 heteroatoms. The number of hydrogen-bond acceptors (Lipinski definition) is 2. The minimum Gasteiger partial charge on any atom is -0.246 e. The van der Waals surface area contributed by atoms with Crippen molar-refractivity contribution in [2.45, 2.75) is 0 Å². The Hall–Kier alpha value is -2.44. The minimum absolute atomic E-state index is 0.302. The normalized spacial score (nSPS) is 10.4. The molecule has 0 fully saturated rings. The number of fused-ring (bicyclic) bond motifs is 1. The summed E-state index contributed by atoms with van der Waals surface area (Å²) < 4.78 is 13.7. The van der Waals surface area contributed by atoms with Gasteiger partial charge in [-0.15, -0.1) is 0 Å². The van der Waals surface area contributed by atoms with Crippen molar-refractivity contribution in [1.29, 1.82) is 5.26 Å². The van der Waals surface area contributed by atoms with Crippen molar-refractivity contribution in [2.24, 2.45) is 0 Å². The zero-order valence-corrected chi connectivity index (χ0v) is 11.0. The Kier molecular flexibility index (Phi) is 3.09. The molecule has 0 radical (unpaired) electrons. The fourth-order valence-electron chi connectivity index (χ4n) is 2.10. The van der Waals surface area contributed by atoms with Crippen LogP contribution in [0.25, 0.3) is 22.2 Å². The van der Waals surface area contributed by atoms with Crippen molar-refractivity contribution in [3.63, 3.8) is 0 Å². The summed E-state index contributed by atoms with van der Waals surface area (Å²) in [4.78, 5) is 4.39. The molecule has 0 atom stereocenters. The maximum Gasteiger partial charge on any atom is 0.132 e. The summed E-state index contributed by atoms with van der Waals surface area (Å²) in [6, 6.07) is 15.4. The van der Waals surface area contributed by atoms with E-state index >= 15 is 0 Å². The highest BCUT2D eigenvalue weighted by molar-refractivity contribution is 6.33. The van der Waals surface area contributed by atoms with Crippen molar-refractivity contribution in [1.82, 2.24) is 4.98 Å². The molecule has 3 aromatic rings. The Morgan fingerprint density at radius 1 is 1.10 bits per heavy atom. The fraction of sp³-hybridized carbons (Fsp3) is 0.